The first-order chi connectivity index (χ1) is 9.35. The van der Waals surface area contributed by atoms with E-state index in [1.807, 2.05) is 25.2 Å². The van der Waals surface area contributed by atoms with E-state index in [-0.39, 0.29) is 12.4 Å². The van der Waals surface area contributed by atoms with E-state index in [4.69, 9.17) is 8.94 Å². The minimum Gasteiger partial charge on any atom is -0.461 e. The molecule has 0 aromatic carbocycles. The lowest BCUT2D eigenvalue weighted by molar-refractivity contribution is 0.301. The van der Waals surface area contributed by atoms with Gasteiger partial charge in [0.25, 0.3) is 0 Å². The van der Waals surface area contributed by atoms with Gasteiger partial charge in [0, 0.05) is 19.2 Å². The minimum absolute atomic E-state index is 0. The molecule has 1 atom stereocenters. The zero-order valence-corrected chi connectivity index (χ0v) is 12.4. The highest BCUT2D eigenvalue weighted by Crippen LogP contribution is 2.23. The van der Waals surface area contributed by atoms with E-state index in [9.17, 15) is 0 Å². The molecule has 0 spiro atoms. The first-order valence-electron chi connectivity index (χ1n) is 6.71. The second kappa shape index (κ2) is 6.92. The van der Waals surface area contributed by atoms with Crippen LogP contribution in [-0.2, 0) is 6.54 Å². The molecule has 0 radical (unpaired) electrons. The maximum atomic E-state index is 5.31. The lowest BCUT2D eigenvalue weighted by atomic mass is 10.1. The number of likely N-dealkylation sites (tertiary alicyclic amines) is 1. The summed E-state index contributed by atoms with van der Waals surface area (Å²) in [5, 5.41) is 7.36. The molecule has 2 aromatic rings. The number of furan rings is 1. The summed E-state index contributed by atoms with van der Waals surface area (Å²) in [4.78, 5) is 2.42. The van der Waals surface area contributed by atoms with Crippen molar-refractivity contribution in [3.63, 3.8) is 0 Å². The first kappa shape index (κ1) is 15.1. The van der Waals surface area contributed by atoms with Gasteiger partial charge in [-0.2, -0.15) is 0 Å². The largest absolute Gasteiger partial charge is 0.461 e. The number of nitrogens with zero attached hydrogens (tertiary/aromatic N) is 2. The van der Waals surface area contributed by atoms with Gasteiger partial charge in [0.1, 0.15) is 0 Å². The predicted molar refractivity (Wildman–Crippen MR) is 78.8 cm³/mol. The first-order valence-corrected chi connectivity index (χ1v) is 6.71. The molecule has 2 aromatic heterocycles. The highest BCUT2D eigenvalue weighted by molar-refractivity contribution is 5.85. The Morgan fingerprint density at radius 2 is 2.35 bits per heavy atom. The molecule has 110 valence electrons. The van der Waals surface area contributed by atoms with Gasteiger partial charge in [-0.05, 0) is 44.6 Å². The van der Waals surface area contributed by atoms with Crippen LogP contribution in [0.25, 0.3) is 11.5 Å². The lowest BCUT2D eigenvalue weighted by Gasteiger charge is -2.13. The van der Waals surface area contributed by atoms with Crippen molar-refractivity contribution in [2.75, 3.05) is 26.7 Å². The third-order valence-electron chi connectivity index (χ3n) is 3.57. The number of hydrogen-bond acceptors (Lipinski definition) is 5. The van der Waals surface area contributed by atoms with Gasteiger partial charge in [-0.1, -0.05) is 5.16 Å². The molecule has 3 heterocycles. The van der Waals surface area contributed by atoms with Crippen LogP contribution < -0.4 is 5.32 Å². The molecular formula is C14H20ClN3O2. The quantitative estimate of drug-likeness (QED) is 0.918. The normalized spacial score (nSPS) is 19.1. The van der Waals surface area contributed by atoms with E-state index in [0.717, 1.165) is 43.6 Å². The summed E-state index contributed by atoms with van der Waals surface area (Å²) < 4.78 is 10.6. The van der Waals surface area contributed by atoms with Gasteiger partial charge in [-0.15, -0.1) is 12.4 Å². The third kappa shape index (κ3) is 3.42. The standard InChI is InChI=1S/C14H19N3O2.ClH/c1-15-8-11-4-5-17(9-11)10-12-7-14(19-16-12)13-3-2-6-18-13;/h2-3,6-7,11,15H,4-5,8-10H2,1H3;1H. The second-order valence-corrected chi connectivity index (χ2v) is 5.11. The number of rotatable bonds is 5. The Morgan fingerprint density at radius 3 is 3.10 bits per heavy atom. The summed E-state index contributed by atoms with van der Waals surface area (Å²) in [5.74, 6) is 2.18. The van der Waals surface area contributed by atoms with E-state index in [1.165, 1.54) is 6.42 Å². The molecule has 5 nitrogen and oxygen atoms in total. The summed E-state index contributed by atoms with van der Waals surface area (Å²) in [6, 6.07) is 5.69. The molecule has 0 aliphatic carbocycles. The van der Waals surface area contributed by atoms with Crippen LogP contribution in [-0.4, -0.2) is 36.7 Å². The van der Waals surface area contributed by atoms with Crippen molar-refractivity contribution < 1.29 is 8.94 Å². The Labute approximate surface area is 124 Å². The molecule has 1 fully saturated rings. The summed E-state index contributed by atoms with van der Waals surface area (Å²) >= 11 is 0. The fourth-order valence-electron chi connectivity index (χ4n) is 2.66. The van der Waals surface area contributed by atoms with E-state index in [0.29, 0.717) is 5.76 Å². The number of aromatic nitrogens is 1. The topological polar surface area (TPSA) is 54.4 Å². The van der Waals surface area contributed by atoms with Gasteiger partial charge in [0.15, 0.2) is 5.76 Å². The van der Waals surface area contributed by atoms with Gasteiger partial charge in [-0.25, -0.2) is 0 Å². The average Bonchev–Trinajstić information content (AvgIpc) is 3.10. The third-order valence-corrected chi connectivity index (χ3v) is 3.57. The number of hydrogen-bond donors (Lipinski definition) is 1. The Balaban J connectivity index is 0.00000147. The molecule has 0 amide bonds. The zero-order chi connectivity index (χ0) is 13.1. The fourth-order valence-corrected chi connectivity index (χ4v) is 2.66. The van der Waals surface area contributed by atoms with E-state index in [1.54, 1.807) is 6.26 Å². The van der Waals surface area contributed by atoms with E-state index >= 15 is 0 Å². The second-order valence-electron chi connectivity index (χ2n) is 5.11. The molecule has 6 heteroatoms. The van der Waals surface area contributed by atoms with E-state index in [2.05, 4.69) is 15.4 Å². The monoisotopic (exact) mass is 297 g/mol. The molecule has 1 N–H and O–H groups in total. The van der Waals surface area contributed by atoms with Crippen LogP contribution in [0.5, 0.6) is 0 Å². The van der Waals surface area contributed by atoms with Gasteiger partial charge in [-0.3, -0.25) is 4.90 Å². The molecule has 3 rings (SSSR count). The predicted octanol–water partition coefficient (Wildman–Crippen LogP) is 2.40. The van der Waals surface area contributed by atoms with Crippen LogP contribution in [0.15, 0.2) is 33.4 Å². The SMILES string of the molecule is CNCC1CCN(Cc2cc(-c3ccco3)on2)C1.Cl. The Kier molecular flexibility index (Phi) is 5.23. The maximum absolute atomic E-state index is 5.31. The van der Waals surface area contributed by atoms with Crippen molar-refractivity contribution >= 4 is 12.4 Å². The molecule has 1 aliphatic heterocycles. The van der Waals surface area contributed by atoms with Gasteiger partial charge in [0.05, 0.1) is 12.0 Å². The molecule has 1 saturated heterocycles. The lowest BCUT2D eigenvalue weighted by Crippen LogP contribution is -2.24. The van der Waals surface area contributed by atoms with Crippen LogP contribution in [0.2, 0.25) is 0 Å². The Bertz CT molecular complexity index is 512. The van der Waals surface area contributed by atoms with E-state index < -0.39 is 0 Å². The Morgan fingerprint density at radius 1 is 1.45 bits per heavy atom. The van der Waals surface area contributed by atoms with Crippen LogP contribution in [0.4, 0.5) is 0 Å². The smallest absolute Gasteiger partial charge is 0.202 e. The minimum atomic E-state index is 0. The molecule has 1 aliphatic rings. The average molecular weight is 298 g/mol. The van der Waals surface area contributed by atoms with Crippen LogP contribution in [0.1, 0.15) is 12.1 Å². The number of nitrogens with one attached hydrogen (secondary N) is 1. The molecule has 20 heavy (non-hydrogen) atoms. The van der Waals surface area contributed by atoms with Crippen LogP contribution >= 0.6 is 12.4 Å². The summed E-state index contributed by atoms with van der Waals surface area (Å²) in [6.45, 7) is 4.20. The van der Waals surface area contributed by atoms with Gasteiger partial charge < -0.3 is 14.3 Å². The van der Waals surface area contributed by atoms with Crippen molar-refractivity contribution in [2.24, 2.45) is 5.92 Å². The maximum Gasteiger partial charge on any atom is 0.202 e. The Hall–Kier alpha value is -1.30. The highest BCUT2D eigenvalue weighted by atomic mass is 35.5. The molecule has 0 saturated carbocycles. The van der Waals surface area contributed by atoms with Crippen LogP contribution in [0.3, 0.4) is 0 Å². The van der Waals surface area contributed by atoms with Gasteiger partial charge >= 0.3 is 0 Å². The number of halogens is 1. The summed E-state index contributed by atoms with van der Waals surface area (Å²) in [5.41, 5.74) is 0.969. The molecule has 1 unspecified atom stereocenters. The molecule has 0 bridgehead atoms. The van der Waals surface area contributed by atoms with Crippen molar-refractivity contribution in [1.29, 1.82) is 0 Å². The highest BCUT2D eigenvalue weighted by Gasteiger charge is 2.22. The van der Waals surface area contributed by atoms with Crippen molar-refractivity contribution in [1.82, 2.24) is 15.4 Å². The van der Waals surface area contributed by atoms with Gasteiger partial charge in [0.2, 0.25) is 5.76 Å². The van der Waals surface area contributed by atoms with Crippen molar-refractivity contribution in [2.45, 2.75) is 13.0 Å². The zero-order valence-electron chi connectivity index (χ0n) is 11.5. The molecular weight excluding hydrogens is 278 g/mol. The van der Waals surface area contributed by atoms with Crippen molar-refractivity contribution in [3.05, 3.63) is 30.2 Å². The summed E-state index contributed by atoms with van der Waals surface area (Å²) in [6.07, 6.45) is 2.89. The van der Waals surface area contributed by atoms with Crippen LogP contribution in [0, 0.1) is 5.92 Å². The van der Waals surface area contributed by atoms with Crippen molar-refractivity contribution in [3.8, 4) is 11.5 Å². The summed E-state index contributed by atoms with van der Waals surface area (Å²) in [7, 11) is 2.01. The fraction of sp³-hybridized carbons (Fsp3) is 0.500.